The first kappa shape index (κ1) is 78.2. The van der Waals surface area contributed by atoms with E-state index < -0.39 is 6.10 Å². The molecule has 2 unspecified atom stereocenters. The van der Waals surface area contributed by atoms with Crippen LogP contribution in [0.3, 0.4) is 0 Å². The number of aliphatic hydroxyl groups excluding tert-OH is 1. The quantitative estimate of drug-likeness (QED) is 0.0376. The molecule has 19 nitrogen and oxygen atoms in total. The molecule has 20 atom stereocenters. The van der Waals surface area contributed by atoms with Crippen molar-refractivity contribution in [3.63, 3.8) is 0 Å². The van der Waals surface area contributed by atoms with Crippen LogP contribution in [0.1, 0.15) is 178 Å². The van der Waals surface area contributed by atoms with E-state index in [-0.39, 0.29) is 109 Å². The number of thioether (sulfide) groups is 5. The predicted octanol–water partition coefficient (Wildman–Crippen LogP) is 10.6. The van der Waals surface area contributed by atoms with Crippen molar-refractivity contribution in [2.75, 3.05) is 94.8 Å². The SMILES string of the molecule is CCCCSC1CO[C@@H]2[C@@H](OC(=O)CCC)CO[C@H]12.CCCCSC1CO[C@H]2[C@@H]1OC[C@H]2OC(=O)CCC.CCCCS[C@@H]1CO[C@H]2[C@@H]1OC[C@@H]2O.CCCCS[C@@H]1CO[C@H]2[C@@H]1OC[C@@H]2OC(=O)CCC.CCCCS[C@@H]1CO[C@H]2[C@@H]1OC[C@H]2OC(=O)CCC. The molecule has 0 amide bonds. The van der Waals surface area contributed by atoms with Gasteiger partial charge in [-0.25, -0.2) is 0 Å². The van der Waals surface area contributed by atoms with Crippen LogP contribution in [-0.2, 0) is 85.5 Å². The molecule has 0 aromatic heterocycles. The minimum Gasteiger partial charge on any atom is -0.457 e. The summed E-state index contributed by atoms with van der Waals surface area (Å²) in [6.45, 7) is 24.9. The normalized spacial score (nSPS) is 34.6. The summed E-state index contributed by atoms with van der Waals surface area (Å²) in [6.07, 6.45) is 16.4. The summed E-state index contributed by atoms with van der Waals surface area (Å²) in [5.74, 6) is 5.23. The highest BCUT2D eigenvalue weighted by molar-refractivity contribution is 8.00. The number of esters is 4. The number of unbranched alkanes of at least 4 members (excludes halogenated alkanes) is 5. The van der Waals surface area contributed by atoms with Gasteiger partial charge in [0.15, 0.2) is 24.4 Å². The third kappa shape index (κ3) is 24.6. The zero-order chi connectivity index (χ0) is 64.6. The number of hydrogen-bond donors (Lipinski definition) is 1. The predicted molar refractivity (Wildman–Crippen MR) is 358 cm³/mol. The minimum absolute atomic E-state index is 0.0556. The molecule has 1 N–H and O–H groups in total. The van der Waals surface area contributed by atoms with Gasteiger partial charge in [0.05, 0.1) is 92.3 Å². The lowest BCUT2D eigenvalue weighted by molar-refractivity contribution is -0.154. The minimum atomic E-state index is -0.406. The van der Waals surface area contributed by atoms with Gasteiger partial charge in [-0.05, 0) is 86.6 Å². The molecular weight excluding hydrogens is 1260 g/mol. The highest BCUT2D eigenvalue weighted by atomic mass is 32.2. The Labute approximate surface area is 560 Å². The summed E-state index contributed by atoms with van der Waals surface area (Å²) in [4.78, 5) is 46.2. The van der Waals surface area contributed by atoms with Gasteiger partial charge in [-0.3, -0.25) is 19.2 Å². The zero-order valence-electron chi connectivity index (χ0n) is 55.7. The molecule has 0 spiro atoms. The fourth-order valence-corrected chi connectivity index (χ4v) is 18.7. The van der Waals surface area contributed by atoms with Crippen LogP contribution in [0.25, 0.3) is 0 Å². The van der Waals surface area contributed by atoms with Gasteiger partial charge in [-0.2, -0.15) is 58.8 Å². The molecule has 0 radical (unpaired) electrons. The lowest BCUT2D eigenvalue weighted by Crippen LogP contribution is -2.33. The lowest BCUT2D eigenvalue weighted by Gasteiger charge is -2.16. The van der Waals surface area contributed by atoms with Crippen molar-refractivity contribution in [1.82, 2.24) is 0 Å². The molecule has 10 aliphatic heterocycles. The van der Waals surface area contributed by atoms with E-state index in [1.54, 1.807) is 0 Å². The first-order valence-corrected chi connectivity index (χ1v) is 39.8. The van der Waals surface area contributed by atoms with Crippen LogP contribution < -0.4 is 0 Å². The lowest BCUT2D eigenvalue weighted by atomic mass is 10.1. The average molecular weight is 1370 g/mol. The van der Waals surface area contributed by atoms with Crippen LogP contribution in [0.2, 0.25) is 0 Å². The number of hydrogen-bond acceptors (Lipinski definition) is 24. The number of carbonyl (C=O) groups is 4. The summed E-state index contributed by atoms with van der Waals surface area (Å²) in [5.41, 5.74) is 0. The molecular formula is C66H114O19S5. The van der Waals surface area contributed by atoms with Crippen molar-refractivity contribution in [1.29, 1.82) is 0 Å². The smallest absolute Gasteiger partial charge is 0.306 e. The largest absolute Gasteiger partial charge is 0.457 e. The Bertz CT molecular complexity index is 1770. The van der Waals surface area contributed by atoms with Crippen molar-refractivity contribution in [3.8, 4) is 0 Å². The highest BCUT2D eigenvalue weighted by Gasteiger charge is 2.53. The standard InChI is InChI=1S/4C14H24O4S.C10H18O3S/c4*1-3-5-7-19-11-9-17-13-10(8-16-14(11)13)18-12(15)6-4-2;1-2-3-4-14-8-6-13-9-7(11)5-12-10(8)9/h4*10-11,13-14H,3-9H2,1-2H3;7-11H,2-6H2,1H3/t10-,11?,13+,14+;10-,11?,13-,14-;10-,11+,13+,14+;10-,11-,13-,14-;7-,8+,9+,10+/m01010/s1. The van der Waals surface area contributed by atoms with Gasteiger partial charge in [0, 0.05) is 25.7 Å². The molecule has 10 fully saturated rings. The van der Waals surface area contributed by atoms with Gasteiger partial charge in [0.2, 0.25) is 0 Å². The third-order valence-corrected chi connectivity index (χ3v) is 23.7. The van der Waals surface area contributed by atoms with Gasteiger partial charge in [0.25, 0.3) is 0 Å². The molecule has 0 aromatic rings. The Morgan fingerprint density at radius 3 is 0.711 bits per heavy atom. The summed E-state index contributed by atoms with van der Waals surface area (Å²) in [5, 5.41) is 11.5. The van der Waals surface area contributed by atoms with Crippen LogP contribution >= 0.6 is 58.8 Å². The topological polar surface area (TPSA) is 218 Å². The van der Waals surface area contributed by atoms with E-state index in [1.165, 1.54) is 70.0 Å². The van der Waals surface area contributed by atoms with Gasteiger partial charge in [0.1, 0.15) is 67.1 Å². The molecule has 0 aromatic carbocycles. The van der Waals surface area contributed by atoms with Crippen molar-refractivity contribution in [2.24, 2.45) is 0 Å². The molecule has 10 heterocycles. The molecule has 24 heteroatoms. The van der Waals surface area contributed by atoms with Crippen LogP contribution in [-0.4, -0.2) is 242 Å². The number of aliphatic hydroxyl groups is 1. The number of carbonyl (C=O) groups excluding carboxylic acids is 4. The molecule has 0 saturated carbocycles. The molecule has 10 saturated heterocycles. The van der Waals surface area contributed by atoms with Crippen LogP contribution in [0.5, 0.6) is 0 Å². The molecule has 0 aliphatic carbocycles. The maximum atomic E-state index is 11.5. The van der Waals surface area contributed by atoms with E-state index in [0.29, 0.717) is 111 Å². The molecule has 90 heavy (non-hydrogen) atoms. The van der Waals surface area contributed by atoms with E-state index in [1.807, 2.05) is 86.5 Å². The summed E-state index contributed by atoms with van der Waals surface area (Å²) in [7, 11) is 0. The third-order valence-electron chi connectivity index (χ3n) is 16.9. The van der Waals surface area contributed by atoms with Crippen molar-refractivity contribution in [3.05, 3.63) is 0 Å². The fraction of sp³-hybridized carbons (Fsp3) is 0.939. The van der Waals surface area contributed by atoms with E-state index in [9.17, 15) is 24.3 Å². The summed E-state index contributed by atoms with van der Waals surface area (Å²) < 4.78 is 79.1. The van der Waals surface area contributed by atoms with E-state index in [2.05, 4.69) is 34.6 Å². The Morgan fingerprint density at radius 2 is 0.489 bits per heavy atom. The van der Waals surface area contributed by atoms with E-state index in [4.69, 9.17) is 66.3 Å². The Hall–Kier alpha value is -0.810. The number of ether oxygens (including phenoxy) is 14. The second kappa shape index (κ2) is 44.2. The fourth-order valence-electron chi connectivity index (χ4n) is 11.9. The molecule has 0 bridgehead atoms. The summed E-state index contributed by atoms with van der Waals surface area (Å²) >= 11 is 9.63. The maximum Gasteiger partial charge on any atom is 0.306 e. The van der Waals surface area contributed by atoms with Gasteiger partial charge in [-0.1, -0.05) is 94.4 Å². The Balaban J connectivity index is 0.000000180. The van der Waals surface area contributed by atoms with Crippen molar-refractivity contribution >= 4 is 82.7 Å². The van der Waals surface area contributed by atoms with Gasteiger partial charge < -0.3 is 71.4 Å². The van der Waals surface area contributed by atoms with Crippen LogP contribution in [0.4, 0.5) is 0 Å². The molecule has 10 rings (SSSR count). The second-order valence-electron chi connectivity index (χ2n) is 24.5. The highest BCUT2D eigenvalue weighted by Crippen LogP contribution is 2.40. The van der Waals surface area contributed by atoms with Crippen LogP contribution in [0, 0.1) is 0 Å². The van der Waals surface area contributed by atoms with E-state index >= 15 is 0 Å². The van der Waals surface area contributed by atoms with Crippen LogP contribution in [0.15, 0.2) is 0 Å². The molecule has 522 valence electrons. The molecule has 10 aliphatic rings. The first-order valence-electron chi connectivity index (χ1n) is 34.6. The van der Waals surface area contributed by atoms with E-state index in [0.717, 1.165) is 55.3 Å². The monoisotopic (exact) mass is 1370 g/mol. The summed E-state index contributed by atoms with van der Waals surface area (Å²) in [6, 6.07) is 0. The average Bonchev–Trinajstić information content (AvgIpc) is 2.45. The van der Waals surface area contributed by atoms with Crippen molar-refractivity contribution in [2.45, 2.75) is 296 Å². The number of fused-ring (bicyclic) bond motifs is 5. The maximum absolute atomic E-state index is 11.5. The van der Waals surface area contributed by atoms with Gasteiger partial charge in [-0.15, -0.1) is 0 Å². The number of rotatable bonds is 32. The van der Waals surface area contributed by atoms with Gasteiger partial charge >= 0.3 is 23.9 Å². The Kier molecular flexibility index (Phi) is 38.4. The first-order chi connectivity index (χ1) is 43.9. The van der Waals surface area contributed by atoms with Crippen molar-refractivity contribution < 1.29 is 90.6 Å². The Morgan fingerprint density at radius 1 is 0.289 bits per heavy atom. The second-order valence-corrected chi connectivity index (χ2v) is 31.2. The zero-order valence-corrected chi connectivity index (χ0v) is 59.8.